The fourth-order valence-corrected chi connectivity index (χ4v) is 2.77. The van der Waals surface area contributed by atoms with E-state index in [1.54, 1.807) is 0 Å². The SMILES string of the molecule is Cn1c2ccncc2c2cc(CNC3CC3)ccc21. The van der Waals surface area contributed by atoms with E-state index < -0.39 is 0 Å². The van der Waals surface area contributed by atoms with Crippen molar-refractivity contribution in [2.24, 2.45) is 7.05 Å². The molecule has 0 bridgehead atoms. The molecule has 19 heavy (non-hydrogen) atoms. The number of hydrogen-bond donors (Lipinski definition) is 1. The molecule has 0 spiro atoms. The minimum atomic E-state index is 0.755. The van der Waals surface area contributed by atoms with Crippen molar-refractivity contribution in [3.63, 3.8) is 0 Å². The molecule has 0 saturated heterocycles. The zero-order valence-corrected chi connectivity index (χ0v) is 11.1. The van der Waals surface area contributed by atoms with Gasteiger partial charge in [-0.25, -0.2) is 0 Å². The molecule has 2 aromatic heterocycles. The van der Waals surface area contributed by atoms with Crippen LogP contribution in [0.2, 0.25) is 0 Å². The van der Waals surface area contributed by atoms with E-state index in [9.17, 15) is 0 Å². The van der Waals surface area contributed by atoms with Gasteiger partial charge in [0.1, 0.15) is 0 Å². The molecule has 2 heterocycles. The monoisotopic (exact) mass is 251 g/mol. The van der Waals surface area contributed by atoms with Crippen LogP contribution in [0.15, 0.2) is 36.7 Å². The van der Waals surface area contributed by atoms with E-state index in [1.807, 2.05) is 12.4 Å². The molecule has 3 aromatic rings. The Morgan fingerprint density at radius 1 is 1.21 bits per heavy atom. The van der Waals surface area contributed by atoms with Gasteiger partial charge >= 0.3 is 0 Å². The van der Waals surface area contributed by atoms with E-state index >= 15 is 0 Å². The van der Waals surface area contributed by atoms with Crippen LogP contribution >= 0.6 is 0 Å². The lowest BCUT2D eigenvalue weighted by molar-refractivity contribution is 0.688. The van der Waals surface area contributed by atoms with Crippen LogP contribution in [0.3, 0.4) is 0 Å². The van der Waals surface area contributed by atoms with Gasteiger partial charge in [-0.05, 0) is 36.6 Å². The maximum Gasteiger partial charge on any atom is 0.0519 e. The van der Waals surface area contributed by atoms with Gasteiger partial charge in [-0.3, -0.25) is 4.98 Å². The molecule has 0 aliphatic heterocycles. The quantitative estimate of drug-likeness (QED) is 0.775. The lowest BCUT2D eigenvalue weighted by atomic mass is 10.1. The summed E-state index contributed by atoms with van der Waals surface area (Å²) in [4.78, 5) is 4.26. The highest BCUT2D eigenvalue weighted by molar-refractivity contribution is 6.07. The predicted octanol–water partition coefficient (Wildman–Crippen LogP) is 2.98. The van der Waals surface area contributed by atoms with E-state index in [0.717, 1.165) is 12.6 Å². The van der Waals surface area contributed by atoms with Gasteiger partial charge in [0.15, 0.2) is 0 Å². The fraction of sp³-hybridized carbons (Fsp3) is 0.312. The van der Waals surface area contributed by atoms with E-state index in [4.69, 9.17) is 0 Å². The number of aryl methyl sites for hydroxylation is 1. The molecule has 0 unspecified atom stereocenters. The first kappa shape index (κ1) is 11.0. The van der Waals surface area contributed by atoms with Gasteiger partial charge in [0.25, 0.3) is 0 Å². The summed E-state index contributed by atoms with van der Waals surface area (Å²) in [5.41, 5.74) is 3.88. The van der Waals surface area contributed by atoms with E-state index in [1.165, 1.54) is 40.2 Å². The summed E-state index contributed by atoms with van der Waals surface area (Å²) in [6.07, 6.45) is 6.49. The summed E-state index contributed by atoms with van der Waals surface area (Å²) in [5.74, 6) is 0. The summed E-state index contributed by atoms with van der Waals surface area (Å²) in [5, 5.41) is 6.12. The Balaban J connectivity index is 1.84. The molecule has 1 fully saturated rings. The Bertz CT molecular complexity index is 753. The van der Waals surface area contributed by atoms with Crippen LogP contribution in [0.1, 0.15) is 18.4 Å². The van der Waals surface area contributed by atoms with Crippen molar-refractivity contribution in [2.45, 2.75) is 25.4 Å². The molecule has 1 N–H and O–H groups in total. The second-order valence-corrected chi connectivity index (χ2v) is 5.46. The molecule has 0 amide bonds. The highest BCUT2D eigenvalue weighted by atomic mass is 14.9. The molecule has 4 rings (SSSR count). The van der Waals surface area contributed by atoms with Crippen LogP contribution in [0.5, 0.6) is 0 Å². The number of pyridine rings is 1. The largest absolute Gasteiger partial charge is 0.344 e. The summed E-state index contributed by atoms with van der Waals surface area (Å²) < 4.78 is 2.24. The minimum Gasteiger partial charge on any atom is -0.344 e. The van der Waals surface area contributed by atoms with Crippen molar-refractivity contribution in [1.82, 2.24) is 14.9 Å². The number of fused-ring (bicyclic) bond motifs is 3. The Labute approximate surface area is 112 Å². The van der Waals surface area contributed by atoms with Crippen LogP contribution in [-0.2, 0) is 13.6 Å². The van der Waals surface area contributed by atoms with Gasteiger partial charge in [0.05, 0.1) is 5.52 Å². The van der Waals surface area contributed by atoms with Crippen molar-refractivity contribution < 1.29 is 0 Å². The van der Waals surface area contributed by atoms with E-state index in [0.29, 0.717) is 0 Å². The van der Waals surface area contributed by atoms with Gasteiger partial charge in [0, 0.05) is 48.3 Å². The average Bonchev–Trinajstić information content (AvgIpc) is 3.24. The van der Waals surface area contributed by atoms with Crippen LogP contribution in [0, 0.1) is 0 Å². The third-order valence-electron chi connectivity index (χ3n) is 4.04. The molecule has 3 heteroatoms. The lowest BCUT2D eigenvalue weighted by Gasteiger charge is -2.04. The van der Waals surface area contributed by atoms with Crippen LogP contribution in [0.25, 0.3) is 21.8 Å². The number of benzene rings is 1. The summed E-state index contributed by atoms with van der Waals surface area (Å²) in [7, 11) is 2.12. The summed E-state index contributed by atoms with van der Waals surface area (Å²) in [6, 6.07) is 9.58. The molecule has 3 nitrogen and oxygen atoms in total. The fourth-order valence-electron chi connectivity index (χ4n) is 2.77. The Kier molecular flexibility index (Phi) is 2.35. The zero-order valence-electron chi connectivity index (χ0n) is 11.1. The van der Waals surface area contributed by atoms with Crippen molar-refractivity contribution >= 4 is 21.8 Å². The number of nitrogens with zero attached hydrogens (tertiary/aromatic N) is 2. The minimum absolute atomic E-state index is 0.755. The van der Waals surface area contributed by atoms with Gasteiger partial charge < -0.3 is 9.88 Å². The molecule has 1 aliphatic carbocycles. The summed E-state index contributed by atoms with van der Waals surface area (Å²) in [6.45, 7) is 0.970. The third-order valence-corrected chi connectivity index (χ3v) is 4.04. The molecule has 1 aliphatic rings. The molecule has 1 aromatic carbocycles. The van der Waals surface area contributed by atoms with Crippen LogP contribution < -0.4 is 5.32 Å². The van der Waals surface area contributed by atoms with Gasteiger partial charge in [-0.2, -0.15) is 0 Å². The van der Waals surface area contributed by atoms with Crippen molar-refractivity contribution in [2.75, 3.05) is 0 Å². The van der Waals surface area contributed by atoms with E-state index in [-0.39, 0.29) is 0 Å². The second-order valence-electron chi connectivity index (χ2n) is 5.46. The number of nitrogens with one attached hydrogen (secondary N) is 1. The van der Waals surface area contributed by atoms with Crippen LogP contribution in [-0.4, -0.2) is 15.6 Å². The third kappa shape index (κ3) is 1.81. The number of aromatic nitrogens is 2. The first-order valence-corrected chi connectivity index (χ1v) is 6.87. The standard InChI is InChI=1S/C16H17N3/c1-19-15-5-2-11(9-18-12-3-4-12)8-13(15)14-10-17-7-6-16(14)19/h2,5-8,10,12,18H,3-4,9H2,1H3. The Hall–Kier alpha value is -1.87. The lowest BCUT2D eigenvalue weighted by Crippen LogP contribution is -2.15. The predicted molar refractivity (Wildman–Crippen MR) is 78.1 cm³/mol. The van der Waals surface area contributed by atoms with Crippen molar-refractivity contribution in [1.29, 1.82) is 0 Å². The van der Waals surface area contributed by atoms with Gasteiger partial charge in [-0.1, -0.05) is 6.07 Å². The number of hydrogen-bond acceptors (Lipinski definition) is 2. The normalized spacial score (nSPS) is 15.4. The highest BCUT2D eigenvalue weighted by Crippen LogP contribution is 2.28. The zero-order chi connectivity index (χ0) is 12.8. The highest BCUT2D eigenvalue weighted by Gasteiger charge is 2.20. The van der Waals surface area contributed by atoms with Crippen molar-refractivity contribution in [3.8, 4) is 0 Å². The number of rotatable bonds is 3. The van der Waals surface area contributed by atoms with E-state index in [2.05, 4.69) is 46.2 Å². The average molecular weight is 251 g/mol. The van der Waals surface area contributed by atoms with Crippen molar-refractivity contribution in [3.05, 3.63) is 42.2 Å². The smallest absolute Gasteiger partial charge is 0.0519 e. The van der Waals surface area contributed by atoms with Gasteiger partial charge in [-0.15, -0.1) is 0 Å². The molecule has 96 valence electrons. The topological polar surface area (TPSA) is 29.9 Å². The molecular formula is C16H17N3. The van der Waals surface area contributed by atoms with Gasteiger partial charge in [0.2, 0.25) is 0 Å². The Morgan fingerprint density at radius 2 is 2.05 bits per heavy atom. The second kappa shape index (κ2) is 4.07. The Morgan fingerprint density at radius 3 is 2.89 bits per heavy atom. The molecule has 1 saturated carbocycles. The maximum absolute atomic E-state index is 4.26. The molecule has 0 atom stereocenters. The first-order valence-electron chi connectivity index (χ1n) is 6.87. The van der Waals surface area contributed by atoms with Crippen LogP contribution in [0.4, 0.5) is 0 Å². The molecular weight excluding hydrogens is 234 g/mol. The molecule has 0 radical (unpaired) electrons. The summed E-state index contributed by atoms with van der Waals surface area (Å²) >= 11 is 0. The first-order chi connectivity index (χ1) is 9.33. The maximum atomic E-state index is 4.26.